The molecule has 34 heavy (non-hydrogen) atoms. The van der Waals surface area contributed by atoms with Crippen molar-refractivity contribution in [3.8, 4) is 0 Å². The Hall–Kier alpha value is -2.59. The van der Waals surface area contributed by atoms with Crippen LogP contribution in [0.15, 0.2) is 47.3 Å². The molecule has 1 aromatic carbocycles. The lowest BCUT2D eigenvalue weighted by molar-refractivity contribution is -0.0217. The molecule has 0 radical (unpaired) electrons. The predicted octanol–water partition coefficient (Wildman–Crippen LogP) is 2.89. The molecular weight excluding hydrogens is 496 g/mol. The van der Waals surface area contributed by atoms with E-state index >= 15 is 0 Å². The molecule has 4 heterocycles. The molecule has 1 spiro atoms. The zero-order valence-corrected chi connectivity index (χ0v) is 20.4. The van der Waals surface area contributed by atoms with Gasteiger partial charge in [0.2, 0.25) is 0 Å². The number of nitrogens with zero attached hydrogens (tertiary/aromatic N) is 4. The maximum absolute atomic E-state index is 11.2. The smallest absolute Gasteiger partial charge is 0.143 e. The first-order valence-electron chi connectivity index (χ1n) is 11.6. The van der Waals surface area contributed by atoms with E-state index in [-0.39, 0.29) is 17.5 Å². The summed E-state index contributed by atoms with van der Waals surface area (Å²) in [6, 6.07) is 10.2. The molecule has 1 saturated heterocycles. The van der Waals surface area contributed by atoms with Crippen LogP contribution in [0.25, 0.3) is 21.9 Å². The number of pyridine rings is 1. The molecule has 2 aliphatic rings. The Morgan fingerprint density at radius 2 is 2.06 bits per heavy atom. The normalized spacial score (nSPS) is 29.1. The summed E-state index contributed by atoms with van der Waals surface area (Å²) in [7, 11) is 0. The van der Waals surface area contributed by atoms with E-state index in [9.17, 15) is 10.2 Å². The van der Waals surface area contributed by atoms with Gasteiger partial charge in [0.05, 0.1) is 27.8 Å². The van der Waals surface area contributed by atoms with Gasteiger partial charge in [0.25, 0.3) is 0 Å². The van der Waals surface area contributed by atoms with Gasteiger partial charge >= 0.3 is 0 Å². The Morgan fingerprint density at radius 1 is 1.21 bits per heavy atom. The Balaban J connectivity index is 1.23. The number of hydrogen-bond donors (Lipinski definition) is 4. The molecule has 5 N–H and O–H groups in total. The average Bonchev–Trinajstić information content (AvgIpc) is 3.49. The molecule has 6 rings (SSSR count). The summed E-state index contributed by atoms with van der Waals surface area (Å²) in [4.78, 5) is 13.2. The molecule has 0 amide bonds. The first-order valence-corrected chi connectivity index (χ1v) is 12.4. The molecule has 0 unspecified atom stereocenters. The lowest BCUT2D eigenvalue weighted by atomic mass is 9.80. The third kappa shape index (κ3) is 3.41. The number of fused-ring (bicyclic) bond motifs is 2. The van der Waals surface area contributed by atoms with Gasteiger partial charge in [-0.3, -0.25) is 0 Å². The third-order valence-electron chi connectivity index (χ3n) is 7.77. The van der Waals surface area contributed by atoms with E-state index in [1.54, 1.807) is 6.33 Å². The van der Waals surface area contributed by atoms with Crippen molar-refractivity contribution < 1.29 is 10.2 Å². The van der Waals surface area contributed by atoms with Crippen LogP contribution < -0.4 is 11.1 Å². The number of halogens is 1. The van der Waals surface area contributed by atoms with Crippen molar-refractivity contribution in [2.45, 2.75) is 50.5 Å². The topological polar surface area (TPSA) is 122 Å². The second kappa shape index (κ2) is 7.98. The van der Waals surface area contributed by atoms with E-state index < -0.39 is 12.2 Å². The predicted molar refractivity (Wildman–Crippen MR) is 134 cm³/mol. The summed E-state index contributed by atoms with van der Waals surface area (Å²) in [6.45, 7) is 2.63. The van der Waals surface area contributed by atoms with Crippen molar-refractivity contribution in [2.24, 2.45) is 5.41 Å². The second-order valence-electron chi connectivity index (χ2n) is 9.86. The van der Waals surface area contributed by atoms with Gasteiger partial charge in [-0.05, 0) is 65.9 Å². The number of aliphatic hydroxyl groups excluding tert-OH is 2. The molecule has 2 fully saturated rings. The number of aryl methyl sites for hydroxylation is 1. The third-order valence-corrected chi connectivity index (χ3v) is 8.40. The lowest BCUT2D eigenvalue weighted by Gasteiger charge is -2.27. The van der Waals surface area contributed by atoms with Crippen molar-refractivity contribution in [3.05, 3.63) is 58.6 Å². The molecule has 8 nitrogen and oxygen atoms in total. The molecule has 0 bridgehead atoms. The van der Waals surface area contributed by atoms with E-state index in [4.69, 9.17) is 5.73 Å². The highest BCUT2D eigenvalue weighted by Crippen LogP contribution is 2.50. The fourth-order valence-corrected chi connectivity index (χ4v) is 6.31. The molecule has 1 aliphatic carbocycles. The van der Waals surface area contributed by atoms with Crippen molar-refractivity contribution in [2.75, 3.05) is 12.3 Å². The molecule has 9 heteroatoms. The number of aliphatic hydroxyl groups is 2. The number of nitrogens with two attached hydrogens (primary N) is 1. The highest BCUT2D eigenvalue weighted by atomic mass is 79.9. The van der Waals surface area contributed by atoms with Crippen LogP contribution in [-0.4, -0.2) is 54.5 Å². The number of nitrogen functional groups attached to an aromatic ring is 1. The van der Waals surface area contributed by atoms with Crippen molar-refractivity contribution >= 4 is 43.7 Å². The minimum absolute atomic E-state index is 0.205. The number of aromatic nitrogens is 4. The van der Waals surface area contributed by atoms with Gasteiger partial charge < -0.3 is 25.8 Å². The number of hydrogen-bond acceptors (Lipinski definition) is 7. The monoisotopic (exact) mass is 522 g/mol. The fraction of sp³-hybridized carbons (Fsp3) is 0.400. The van der Waals surface area contributed by atoms with Crippen molar-refractivity contribution in [1.82, 2.24) is 24.8 Å². The minimum atomic E-state index is -0.849. The number of nitrogens with one attached hydrogen (secondary N) is 1. The minimum Gasteiger partial charge on any atom is -0.390 e. The quantitative estimate of drug-likeness (QED) is 0.326. The highest BCUT2D eigenvalue weighted by molar-refractivity contribution is 9.10. The average molecular weight is 523 g/mol. The molecule has 1 saturated carbocycles. The van der Waals surface area contributed by atoms with Crippen molar-refractivity contribution in [3.63, 3.8) is 0 Å². The van der Waals surface area contributed by atoms with Crippen molar-refractivity contribution in [1.29, 1.82) is 0 Å². The summed E-state index contributed by atoms with van der Waals surface area (Å²) < 4.78 is 2.81. The molecule has 3 aromatic heterocycles. The highest BCUT2D eigenvalue weighted by Gasteiger charge is 2.56. The van der Waals surface area contributed by atoms with Crippen LogP contribution >= 0.6 is 15.9 Å². The Labute approximate surface area is 205 Å². The van der Waals surface area contributed by atoms with Crippen LogP contribution in [0.4, 0.5) is 5.82 Å². The largest absolute Gasteiger partial charge is 0.390 e. The van der Waals surface area contributed by atoms with Gasteiger partial charge in [-0.2, -0.15) is 0 Å². The fourth-order valence-electron chi connectivity index (χ4n) is 5.98. The molecule has 5 atom stereocenters. The van der Waals surface area contributed by atoms with Crippen LogP contribution in [-0.2, 0) is 6.42 Å². The van der Waals surface area contributed by atoms with E-state index in [1.165, 1.54) is 5.56 Å². The van der Waals surface area contributed by atoms with Gasteiger partial charge in [-0.1, -0.05) is 12.1 Å². The molecule has 4 aromatic rings. The number of rotatable bonds is 3. The molecular formula is C25H27BrN6O2. The SMILES string of the molecule is Cc1ncnc2c1ccn2[C@@H]1C[C@@]2(CN[C@H](Cc3ccc4cc(Br)c(N)nc4c3)C2)[C@@H](O)[C@H]1O. The van der Waals surface area contributed by atoms with Gasteiger partial charge in [-0.25, -0.2) is 15.0 Å². The standard InChI is InChI=1S/C25H27BrN6O2/c1-13-17-4-5-32(24(17)30-12-29-13)20-10-25(22(34)21(20)33)9-16(28-11-25)6-14-2-3-15-8-18(26)23(27)31-19(15)7-14/h2-5,7-8,12,16,20-22,28,33-34H,6,9-11H2,1H3,(H2,27,31)/t16-,20-,21+,22+,25+/m1/s1. The number of benzene rings is 1. The van der Waals surface area contributed by atoms with E-state index in [2.05, 4.69) is 54.4 Å². The Morgan fingerprint density at radius 3 is 2.91 bits per heavy atom. The summed E-state index contributed by atoms with van der Waals surface area (Å²) >= 11 is 3.44. The van der Waals surface area contributed by atoms with Gasteiger partial charge in [0, 0.05) is 35.0 Å². The van der Waals surface area contributed by atoms with E-state index in [1.807, 2.05) is 29.8 Å². The van der Waals surface area contributed by atoms with E-state index in [0.29, 0.717) is 18.8 Å². The summed E-state index contributed by atoms with van der Waals surface area (Å²) in [5, 5.41) is 27.8. The first kappa shape index (κ1) is 21.9. The molecule has 176 valence electrons. The zero-order valence-electron chi connectivity index (χ0n) is 18.8. The van der Waals surface area contributed by atoms with Gasteiger partial charge in [0.1, 0.15) is 23.9 Å². The summed E-state index contributed by atoms with van der Waals surface area (Å²) in [5.41, 5.74) is 9.35. The van der Waals surface area contributed by atoms with Crippen LogP contribution in [0.1, 0.15) is 30.1 Å². The van der Waals surface area contributed by atoms with Gasteiger partial charge in [0.15, 0.2) is 0 Å². The lowest BCUT2D eigenvalue weighted by Crippen LogP contribution is -2.38. The Bertz CT molecular complexity index is 1410. The zero-order chi connectivity index (χ0) is 23.6. The van der Waals surface area contributed by atoms with Gasteiger partial charge in [-0.15, -0.1) is 0 Å². The summed E-state index contributed by atoms with van der Waals surface area (Å²) in [5.74, 6) is 0.481. The second-order valence-corrected chi connectivity index (χ2v) is 10.7. The Kier molecular flexibility index (Phi) is 5.14. The first-order chi connectivity index (χ1) is 16.3. The van der Waals surface area contributed by atoms with Crippen LogP contribution in [0.5, 0.6) is 0 Å². The maximum atomic E-state index is 11.2. The maximum Gasteiger partial charge on any atom is 0.143 e. The van der Waals surface area contributed by atoms with E-state index in [0.717, 1.165) is 44.9 Å². The van der Waals surface area contributed by atoms with Crippen LogP contribution in [0, 0.1) is 12.3 Å². The van der Waals surface area contributed by atoms with Crippen LogP contribution in [0.2, 0.25) is 0 Å². The molecule has 1 aliphatic heterocycles. The van der Waals surface area contributed by atoms with Crippen LogP contribution in [0.3, 0.4) is 0 Å². The number of anilines is 1. The summed E-state index contributed by atoms with van der Waals surface area (Å²) in [6.07, 6.45) is 4.17.